The Bertz CT molecular complexity index is 467. The summed E-state index contributed by atoms with van der Waals surface area (Å²) >= 11 is 0. The van der Waals surface area contributed by atoms with Crippen LogP contribution in [0.25, 0.3) is 11.5 Å². The van der Waals surface area contributed by atoms with Crippen molar-refractivity contribution in [2.45, 2.75) is 39.5 Å². The minimum Gasteiger partial charge on any atom is -0.677 e. The van der Waals surface area contributed by atoms with Crippen LogP contribution in [0.5, 0.6) is 0 Å². The summed E-state index contributed by atoms with van der Waals surface area (Å²) in [4.78, 5) is 35.8. The van der Waals surface area contributed by atoms with E-state index in [1.54, 1.807) is 21.6 Å². The fourth-order valence-electron chi connectivity index (χ4n) is 2.06. The van der Waals surface area contributed by atoms with Crippen LogP contribution in [-0.4, -0.2) is 66.4 Å². The largest absolute Gasteiger partial charge is 0.677 e. The molecule has 0 aliphatic heterocycles. The van der Waals surface area contributed by atoms with Crippen molar-refractivity contribution in [2.24, 2.45) is 5.92 Å². The molecule has 0 aliphatic rings. The molecule has 0 rings (SSSR count). The first-order valence-corrected chi connectivity index (χ1v) is 14.9. The molecule has 1 radical (unpaired) electrons. The molecule has 0 unspecified atom stereocenters. The van der Waals surface area contributed by atoms with Crippen molar-refractivity contribution < 1.29 is 57.0 Å². The summed E-state index contributed by atoms with van der Waals surface area (Å²) in [5, 5.41) is 11.8. The van der Waals surface area contributed by atoms with Gasteiger partial charge in [0.1, 0.15) is 6.61 Å². The Morgan fingerprint density at radius 1 is 1.00 bits per heavy atom. The van der Waals surface area contributed by atoms with Crippen LogP contribution in [0.3, 0.4) is 0 Å². The third-order valence-corrected chi connectivity index (χ3v) is 7.99. The number of ether oxygens (including phenoxy) is 1. The number of nitrogens with one attached hydrogen (secondary N) is 3. The van der Waals surface area contributed by atoms with E-state index in [1.807, 2.05) is 0 Å². The van der Waals surface area contributed by atoms with Crippen LogP contribution in [0.4, 0.5) is 4.79 Å². The second kappa shape index (κ2) is 29.4. The van der Waals surface area contributed by atoms with Gasteiger partial charge in [0.25, 0.3) is 5.09 Å². The molecule has 0 aliphatic carbocycles. The summed E-state index contributed by atoms with van der Waals surface area (Å²) in [6.45, 7) is 5.65. The maximum Gasteiger partial charge on any atom is 0.294 e. The smallest absolute Gasteiger partial charge is 0.294 e. The minimum absolute atomic E-state index is 0. The molecule has 0 atom stereocenters. The van der Waals surface area contributed by atoms with E-state index in [0.29, 0.717) is 24.6 Å². The van der Waals surface area contributed by atoms with E-state index in [2.05, 4.69) is 28.7 Å². The molecule has 0 saturated carbocycles. The van der Waals surface area contributed by atoms with Crippen molar-refractivity contribution in [1.29, 1.82) is 0 Å². The van der Waals surface area contributed by atoms with E-state index in [9.17, 15) is 19.7 Å². The Hall–Kier alpha value is 0.404. The topological polar surface area (TPSA) is 155 Å². The van der Waals surface area contributed by atoms with Gasteiger partial charge in [0, 0.05) is 62.4 Å². The van der Waals surface area contributed by atoms with Crippen molar-refractivity contribution in [3.05, 3.63) is 21.6 Å². The zero-order valence-corrected chi connectivity index (χ0v) is 24.8. The van der Waals surface area contributed by atoms with Crippen LogP contribution in [0, 0.1) is 16.0 Å². The first-order valence-electron chi connectivity index (χ1n) is 9.95. The van der Waals surface area contributed by atoms with Gasteiger partial charge < -0.3 is 26.4 Å². The van der Waals surface area contributed by atoms with E-state index in [-0.39, 0.29) is 57.7 Å². The number of carbonyl (C=O) groups excluding carboxylic acids is 2. The maximum atomic E-state index is 11.9. The molecule has 3 N–H and O–H groups in total. The fourth-order valence-corrected chi connectivity index (χ4v) is 5.41. The Morgan fingerprint density at radius 3 is 2.03 bits per heavy atom. The Labute approximate surface area is 232 Å². The van der Waals surface area contributed by atoms with Crippen molar-refractivity contribution in [3.63, 3.8) is 0 Å². The standard InChI is InChI=1S/C13H26N2O3S2.C4H9N2O3S2.Y/c1-3-5-11(6-4-2)12(16)15-7-9-19-20-10-8-18-13(14)17;5-1-3-10-11-4-2-9-6(7)8;/h11H,3-10H2,1-2H3,(H3,14,15,16,17);5H,1-4H2;/q;-1;/p-1. The molecular formula is C17H34N4O6S4Y-2. The molecule has 0 aromatic heterocycles. The van der Waals surface area contributed by atoms with Crippen LogP contribution >= 0.6 is 43.2 Å². The normalized spacial score (nSPS) is 9.88. The molecule has 0 saturated heterocycles. The molecule has 187 valence electrons. The predicted molar refractivity (Wildman–Crippen MR) is 134 cm³/mol. The number of hydrogen-bond acceptors (Lipinski definition) is 10. The molecule has 10 nitrogen and oxygen atoms in total. The fraction of sp³-hybridized carbons (Fsp3) is 0.882. The first-order chi connectivity index (χ1) is 14.9. The van der Waals surface area contributed by atoms with E-state index >= 15 is 0 Å². The van der Waals surface area contributed by atoms with Crippen LogP contribution < -0.4 is 5.32 Å². The third kappa shape index (κ3) is 30.4. The minimum atomic E-state index is -0.985. The van der Waals surface area contributed by atoms with E-state index in [1.165, 1.54) is 21.6 Å². The van der Waals surface area contributed by atoms with Gasteiger partial charge in [0.15, 0.2) is 0 Å². The van der Waals surface area contributed by atoms with E-state index < -0.39 is 11.2 Å². The molecule has 0 fully saturated rings. The van der Waals surface area contributed by atoms with Crippen LogP contribution in [-0.2, 0) is 47.1 Å². The summed E-state index contributed by atoms with van der Waals surface area (Å²) in [5.74, 6) is 3.16. The van der Waals surface area contributed by atoms with E-state index in [4.69, 9.17) is 11.5 Å². The van der Waals surface area contributed by atoms with Gasteiger partial charge in [-0.1, -0.05) is 69.9 Å². The molecule has 0 aromatic carbocycles. The summed E-state index contributed by atoms with van der Waals surface area (Å²) in [5.41, 5.74) is 13.3. The number of amides is 2. The van der Waals surface area contributed by atoms with Gasteiger partial charge in [-0.3, -0.25) is 9.59 Å². The SMILES string of the molecule is CCCC(CCC)C(=O)NCCSSCCOC([NH-])=O.[NH-]CCSSCCO[N+](=O)[O-].[Y]. The van der Waals surface area contributed by atoms with Crippen molar-refractivity contribution >= 4 is 55.2 Å². The summed E-state index contributed by atoms with van der Waals surface area (Å²) in [6.07, 6.45) is 3.01. The number of rotatable bonds is 19. The average molecular weight is 608 g/mol. The molecule has 0 heterocycles. The molecule has 2 amide bonds. The first kappa shape index (κ1) is 37.0. The van der Waals surface area contributed by atoms with Gasteiger partial charge in [0.05, 0.1) is 6.61 Å². The van der Waals surface area contributed by atoms with Gasteiger partial charge >= 0.3 is 0 Å². The molecule has 32 heavy (non-hydrogen) atoms. The van der Waals surface area contributed by atoms with Gasteiger partial charge in [-0.15, -0.1) is 16.7 Å². The molecule has 0 spiro atoms. The average Bonchev–Trinajstić information content (AvgIpc) is 2.72. The summed E-state index contributed by atoms with van der Waals surface area (Å²) in [6, 6.07) is 0. The second-order valence-corrected chi connectivity index (χ2v) is 11.2. The predicted octanol–water partition coefficient (Wildman–Crippen LogP) is 5.52. The van der Waals surface area contributed by atoms with Gasteiger partial charge in [-0.05, 0) is 18.6 Å². The number of hydrogen-bond donors (Lipinski definition) is 1. The monoisotopic (exact) mass is 607 g/mol. The van der Waals surface area contributed by atoms with Gasteiger partial charge in [-0.2, -0.15) is 0 Å². The number of carbonyl (C=O) groups is 2. The van der Waals surface area contributed by atoms with Crippen LogP contribution in [0.15, 0.2) is 0 Å². The zero-order chi connectivity index (χ0) is 23.7. The molecule has 15 heteroatoms. The van der Waals surface area contributed by atoms with Crippen molar-refractivity contribution in [3.8, 4) is 0 Å². The maximum absolute atomic E-state index is 11.9. The van der Waals surface area contributed by atoms with E-state index in [0.717, 1.165) is 37.2 Å². The van der Waals surface area contributed by atoms with Gasteiger partial charge in [0.2, 0.25) is 12.0 Å². The van der Waals surface area contributed by atoms with Crippen LogP contribution in [0.1, 0.15) is 39.5 Å². The summed E-state index contributed by atoms with van der Waals surface area (Å²) < 4.78 is 4.50. The van der Waals surface area contributed by atoms with Gasteiger partial charge in [-0.25, -0.2) is 0 Å². The van der Waals surface area contributed by atoms with Crippen molar-refractivity contribution in [2.75, 3.05) is 49.3 Å². The molecule has 0 bridgehead atoms. The zero-order valence-electron chi connectivity index (χ0n) is 18.7. The third-order valence-electron chi connectivity index (χ3n) is 3.24. The number of nitrogens with zero attached hydrogens (tertiary/aromatic N) is 1. The van der Waals surface area contributed by atoms with Crippen molar-refractivity contribution in [1.82, 2.24) is 5.32 Å². The Morgan fingerprint density at radius 2 is 1.53 bits per heavy atom. The molecular weight excluding hydrogens is 573 g/mol. The Balaban J connectivity index is -0.000000597. The van der Waals surface area contributed by atoms with Crippen LogP contribution in [0.2, 0.25) is 0 Å². The summed E-state index contributed by atoms with van der Waals surface area (Å²) in [7, 11) is 6.23. The second-order valence-electron chi connectivity index (χ2n) is 5.80. The molecule has 0 aromatic rings. The Kier molecular flexibility index (Phi) is 34.0. The quantitative estimate of drug-likeness (QED) is 0.0859.